The van der Waals surface area contributed by atoms with E-state index in [1.54, 1.807) is 62.2 Å². The van der Waals surface area contributed by atoms with E-state index in [1.165, 1.54) is 0 Å². The molecule has 10 heteroatoms. The van der Waals surface area contributed by atoms with Crippen molar-refractivity contribution in [2.75, 3.05) is 26.2 Å². The van der Waals surface area contributed by atoms with E-state index in [1.807, 2.05) is 0 Å². The summed E-state index contributed by atoms with van der Waals surface area (Å²) in [4.78, 5) is 41.2. The van der Waals surface area contributed by atoms with Crippen molar-refractivity contribution in [1.82, 2.24) is 20.2 Å². The van der Waals surface area contributed by atoms with Gasteiger partial charge in [0.05, 0.1) is 4.91 Å². The van der Waals surface area contributed by atoms with Gasteiger partial charge in [0.1, 0.15) is 6.61 Å². The van der Waals surface area contributed by atoms with E-state index in [2.05, 4.69) is 15.3 Å². The highest BCUT2D eigenvalue weighted by atomic mass is 16.8. The molecule has 0 bridgehead atoms. The molecule has 1 aromatic carbocycles. The zero-order valence-corrected chi connectivity index (χ0v) is 18.3. The molecule has 0 spiro atoms. The number of aromatic nitrogens is 2. The molecule has 1 aliphatic heterocycles. The van der Waals surface area contributed by atoms with Crippen LogP contribution in [0.5, 0.6) is 0 Å². The van der Waals surface area contributed by atoms with Crippen molar-refractivity contribution in [2.24, 2.45) is 0 Å². The minimum absolute atomic E-state index is 0.00849. The lowest BCUT2D eigenvalue weighted by Crippen LogP contribution is -2.46. The summed E-state index contributed by atoms with van der Waals surface area (Å²) in [7, 11) is 0. The van der Waals surface area contributed by atoms with Crippen LogP contribution in [0.15, 0.2) is 40.9 Å². The standard InChI is InChI=1S/C22H26N5O5/c1-22(2,3)32-27(29)17-12-15(14-30-21(28)26-9-7-23-8-10-26)11-16(13-17)20-25-19-18(31-20)5-4-6-24-19/h4-6,11-13,23H,7-10,14H2,1-3H3/q+1. The fourth-order valence-corrected chi connectivity index (χ4v) is 3.26. The van der Waals surface area contributed by atoms with E-state index in [-0.39, 0.29) is 12.3 Å². The first-order valence-corrected chi connectivity index (χ1v) is 10.4. The number of amides is 1. The molecule has 4 rings (SSSR count). The Morgan fingerprint density at radius 3 is 2.75 bits per heavy atom. The quantitative estimate of drug-likeness (QED) is 0.600. The Morgan fingerprint density at radius 2 is 2.03 bits per heavy atom. The zero-order valence-electron chi connectivity index (χ0n) is 18.3. The lowest BCUT2D eigenvalue weighted by Gasteiger charge is -2.26. The van der Waals surface area contributed by atoms with Crippen LogP contribution in [0.2, 0.25) is 0 Å². The minimum atomic E-state index is -0.686. The van der Waals surface area contributed by atoms with Crippen LogP contribution >= 0.6 is 0 Å². The molecule has 0 saturated carbocycles. The third kappa shape index (κ3) is 5.20. The molecule has 32 heavy (non-hydrogen) atoms. The van der Waals surface area contributed by atoms with Crippen molar-refractivity contribution in [2.45, 2.75) is 33.0 Å². The van der Waals surface area contributed by atoms with Crippen LogP contribution in [-0.2, 0) is 16.2 Å². The molecule has 0 radical (unpaired) electrons. The van der Waals surface area contributed by atoms with Crippen LogP contribution in [0, 0.1) is 4.91 Å². The van der Waals surface area contributed by atoms with Crippen molar-refractivity contribution in [3.63, 3.8) is 0 Å². The first kappa shape index (κ1) is 21.7. The summed E-state index contributed by atoms with van der Waals surface area (Å²) in [5.74, 6) is 0.305. The largest absolute Gasteiger partial charge is 0.445 e. The van der Waals surface area contributed by atoms with Gasteiger partial charge >= 0.3 is 11.8 Å². The molecule has 168 valence electrons. The highest BCUT2D eigenvalue weighted by Crippen LogP contribution is 2.29. The first-order valence-electron chi connectivity index (χ1n) is 10.4. The normalized spacial score (nSPS) is 14.4. The van der Waals surface area contributed by atoms with Crippen LogP contribution in [-0.4, -0.2) is 57.7 Å². The Morgan fingerprint density at radius 1 is 1.25 bits per heavy atom. The van der Waals surface area contributed by atoms with Crippen LogP contribution in [0.3, 0.4) is 0 Å². The van der Waals surface area contributed by atoms with Gasteiger partial charge in [-0.3, -0.25) is 0 Å². The maximum absolute atomic E-state index is 12.7. The molecule has 0 aliphatic carbocycles. The van der Waals surface area contributed by atoms with Gasteiger partial charge in [-0.15, -0.1) is 0 Å². The van der Waals surface area contributed by atoms with Crippen LogP contribution < -0.4 is 5.32 Å². The average molecular weight is 440 g/mol. The van der Waals surface area contributed by atoms with Gasteiger partial charge in [0.25, 0.3) is 4.92 Å². The fraction of sp³-hybridized carbons (Fsp3) is 0.409. The summed E-state index contributed by atoms with van der Waals surface area (Å²) in [5, 5.41) is 3.19. The smallest absolute Gasteiger partial charge is 0.410 e. The molecular formula is C22H26N5O5+. The van der Waals surface area contributed by atoms with E-state index in [0.29, 0.717) is 46.3 Å². The molecule has 1 fully saturated rings. The van der Waals surface area contributed by atoms with E-state index in [0.717, 1.165) is 13.1 Å². The molecular weight excluding hydrogens is 414 g/mol. The molecule has 0 atom stereocenters. The van der Waals surface area contributed by atoms with Crippen LogP contribution in [0.25, 0.3) is 22.7 Å². The van der Waals surface area contributed by atoms with Crippen LogP contribution in [0.1, 0.15) is 26.3 Å². The number of ether oxygens (including phenoxy) is 1. The number of oxazole rings is 1. The number of nitrogens with zero attached hydrogens (tertiary/aromatic N) is 4. The van der Waals surface area contributed by atoms with Crippen molar-refractivity contribution in [1.29, 1.82) is 0 Å². The number of piperazine rings is 1. The monoisotopic (exact) mass is 440 g/mol. The second-order valence-corrected chi connectivity index (χ2v) is 8.48. The van der Waals surface area contributed by atoms with Crippen molar-refractivity contribution < 1.29 is 23.7 Å². The second kappa shape index (κ2) is 8.91. The molecule has 1 N–H and O–H groups in total. The van der Waals surface area contributed by atoms with Gasteiger partial charge in [-0.2, -0.15) is 4.98 Å². The van der Waals surface area contributed by atoms with Crippen molar-refractivity contribution in [3.8, 4) is 11.5 Å². The Hall–Kier alpha value is -3.53. The molecule has 3 heterocycles. The summed E-state index contributed by atoms with van der Waals surface area (Å²) < 4.78 is 11.3. The van der Waals surface area contributed by atoms with E-state index >= 15 is 0 Å². The molecule has 0 unspecified atom stereocenters. The molecule has 1 amide bonds. The maximum Gasteiger partial charge on any atom is 0.410 e. The fourth-order valence-electron chi connectivity index (χ4n) is 3.26. The van der Waals surface area contributed by atoms with Gasteiger partial charge in [-0.25, -0.2) is 14.6 Å². The molecule has 10 nitrogen and oxygen atoms in total. The van der Waals surface area contributed by atoms with Crippen molar-refractivity contribution >= 4 is 23.0 Å². The number of fused-ring (bicyclic) bond motifs is 1. The van der Waals surface area contributed by atoms with Gasteiger partial charge in [0.15, 0.2) is 16.8 Å². The topological polar surface area (TPSA) is 110 Å². The van der Waals surface area contributed by atoms with Gasteiger partial charge in [0.2, 0.25) is 5.89 Å². The summed E-state index contributed by atoms with van der Waals surface area (Å²) in [5.41, 5.74) is 1.70. The summed E-state index contributed by atoms with van der Waals surface area (Å²) >= 11 is 0. The number of nitrogens with one attached hydrogen (secondary N) is 1. The van der Waals surface area contributed by atoms with E-state index < -0.39 is 11.7 Å². The molecule has 3 aromatic rings. The highest BCUT2D eigenvalue weighted by molar-refractivity contribution is 5.73. The number of hydrogen-bond donors (Lipinski definition) is 1. The van der Waals surface area contributed by atoms with E-state index in [4.69, 9.17) is 14.0 Å². The third-order valence-corrected chi connectivity index (χ3v) is 4.69. The Bertz CT molecular complexity index is 1100. The Labute approximate surface area is 185 Å². The lowest BCUT2D eigenvalue weighted by atomic mass is 10.1. The number of pyridine rings is 1. The summed E-state index contributed by atoms with van der Waals surface area (Å²) in [6.07, 6.45) is 1.23. The number of carbonyl (C=O) groups excluding carboxylic acids is 1. The zero-order chi connectivity index (χ0) is 22.7. The molecule has 1 aliphatic rings. The minimum Gasteiger partial charge on any atom is -0.445 e. The summed E-state index contributed by atoms with van der Waals surface area (Å²) in [6.45, 7) is 7.98. The molecule has 1 saturated heterocycles. The predicted octanol–water partition coefficient (Wildman–Crippen LogP) is 3.57. The SMILES string of the molecule is CC(C)(C)O[N+](=O)c1cc(COC(=O)N2CCNCC2)cc(-c2nc3ncccc3o2)c1. The number of rotatable bonds is 5. The van der Waals surface area contributed by atoms with Crippen molar-refractivity contribution in [3.05, 3.63) is 47.0 Å². The van der Waals surface area contributed by atoms with Gasteiger partial charge < -0.3 is 19.4 Å². The van der Waals surface area contributed by atoms with Gasteiger partial charge in [0, 0.05) is 50.1 Å². The summed E-state index contributed by atoms with van der Waals surface area (Å²) in [6, 6.07) is 8.52. The van der Waals surface area contributed by atoms with Gasteiger partial charge in [-0.05, 0) is 44.5 Å². The Balaban J connectivity index is 1.62. The second-order valence-electron chi connectivity index (χ2n) is 8.48. The Kier molecular flexibility index (Phi) is 6.04. The van der Waals surface area contributed by atoms with E-state index in [9.17, 15) is 9.70 Å². The maximum atomic E-state index is 12.7. The van der Waals surface area contributed by atoms with Crippen LogP contribution in [0.4, 0.5) is 10.5 Å². The lowest BCUT2D eigenvalue weighted by molar-refractivity contribution is -0.766. The predicted molar refractivity (Wildman–Crippen MR) is 116 cm³/mol. The third-order valence-electron chi connectivity index (χ3n) is 4.69. The number of benzene rings is 1. The number of hydrogen-bond acceptors (Lipinski definition) is 8. The average Bonchev–Trinajstić information content (AvgIpc) is 3.21. The molecule has 2 aromatic heterocycles. The first-order chi connectivity index (χ1) is 15.3. The van der Waals surface area contributed by atoms with Gasteiger partial charge in [-0.1, -0.05) is 0 Å². The highest BCUT2D eigenvalue weighted by Gasteiger charge is 2.28. The number of carbonyl (C=O) groups is 1.